The fourth-order valence-corrected chi connectivity index (χ4v) is 1.90. The highest BCUT2D eigenvalue weighted by molar-refractivity contribution is 5.99. The second-order valence-corrected chi connectivity index (χ2v) is 4.45. The molecule has 0 bridgehead atoms. The minimum Gasteiger partial charge on any atom is -0.325 e. The van der Waals surface area contributed by atoms with E-state index in [0.717, 1.165) is 19.3 Å². The SMILES string of the molecule is N#CCC(=O)Nc1ccc(C(=O)C2CCC2)cc1. The van der Waals surface area contributed by atoms with Crippen molar-refractivity contribution in [3.63, 3.8) is 0 Å². The molecule has 0 atom stereocenters. The number of benzene rings is 1. The maximum absolute atomic E-state index is 11.9. The minimum absolute atomic E-state index is 0.164. The lowest BCUT2D eigenvalue weighted by atomic mass is 9.80. The molecule has 0 saturated heterocycles. The largest absolute Gasteiger partial charge is 0.325 e. The van der Waals surface area contributed by atoms with Gasteiger partial charge in [0, 0.05) is 17.2 Å². The van der Waals surface area contributed by atoms with E-state index in [0.29, 0.717) is 11.3 Å². The quantitative estimate of drug-likeness (QED) is 0.825. The smallest absolute Gasteiger partial charge is 0.238 e. The lowest BCUT2D eigenvalue weighted by molar-refractivity contribution is -0.115. The van der Waals surface area contributed by atoms with Gasteiger partial charge in [-0.15, -0.1) is 0 Å². The minimum atomic E-state index is -0.337. The molecule has 92 valence electrons. The Balaban J connectivity index is 1.99. The van der Waals surface area contributed by atoms with E-state index in [-0.39, 0.29) is 24.0 Å². The first kappa shape index (κ1) is 12.3. The maximum atomic E-state index is 11.9. The number of anilines is 1. The number of rotatable bonds is 4. The van der Waals surface area contributed by atoms with Gasteiger partial charge in [0.15, 0.2) is 5.78 Å². The first-order valence-corrected chi connectivity index (χ1v) is 6.02. The predicted molar refractivity (Wildman–Crippen MR) is 67.0 cm³/mol. The third-order valence-electron chi connectivity index (χ3n) is 3.17. The number of amides is 1. The van der Waals surface area contributed by atoms with Gasteiger partial charge in [-0.2, -0.15) is 5.26 Å². The highest BCUT2D eigenvalue weighted by atomic mass is 16.1. The fourth-order valence-electron chi connectivity index (χ4n) is 1.90. The molecule has 0 heterocycles. The van der Waals surface area contributed by atoms with Crippen molar-refractivity contribution in [1.29, 1.82) is 5.26 Å². The van der Waals surface area contributed by atoms with Crippen molar-refractivity contribution < 1.29 is 9.59 Å². The van der Waals surface area contributed by atoms with Gasteiger partial charge in [0.2, 0.25) is 5.91 Å². The Labute approximate surface area is 106 Å². The molecule has 4 nitrogen and oxygen atoms in total. The number of Topliss-reactive ketones (excluding diaryl/α,β-unsaturated/α-hetero) is 1. The molecule has 18 heavy (non-hydrogen) atoms. The molecule has 0 unspecified atom stereocenters. The molecule has 0 aromatic heterocycles. The Hall–Kier alpha value is -2.15. The zero-order chi connectivity index (χ0) is 13.0. The third kappa shape index (κ3) is 2.75. The fraction of sp³-hybridized carbons (Fsp3) is 0.357. The molecule has 1 saturated carbocycles. The summed E-state index contributed by atoms with van der Waals surface area (Å²) in [5.41, 5.74) is 1.30. The van der Waals surface area contributed by atoms with E-state index in [1.165, 1.54) is 0 Å². The number of ketones is 1. The molecule has 1 aromatic rings. The van der Waals surface area contributed by atoms with Gasteiger partial charge in [0.25, 0.3) is 0 Å². The first-order valence-electron chi connectivity index (χ1n) is 6.02. The molecule has 4 heteroatoms. The molecule has 1 aliphatic rings. The molecule has 2 rings (SSSR count). The molecule has 1 amide bonds. The van der Waals surface area contributed by atoms with Gasteiger partial charge < -0.3 is 5.32 Å². The molecular formula is C14H14N2O2. The molecule has 1 N–H and O–H groups in total. The summed E-state index contributed by atoms with van der Waals surface area (Å²) < 4.78 is 0. The number of nitrogens with zero attached hydrogens (tertiary/aromatic N) is 1. The molecule has 0 radical (unpaired) electrons. The van der Waals surface area contributed by atoms with Crippen LogP contribution in [-0.4, -0.2) is 11.7 Å². The van der Waals surface area contributed by atoms with Crippen molar-refractivity contribution >= 4 is 17.4 Å². The molecule has 1 fully saturated rings. The van der Waals surface area contributed by atoms with E-state index in [2.05, 4.69) is 5.32 Å². The summed E-state index contributed by atoms with van der Waals surface area (Å²) >= 11 is 0. The van der Waals surface area contributed by atoms with E-state index in [1.54, 1.807) is 30.3 Å². The number of nitrogens with one attached hydrogen (secondary N) is 1. The highest BCUT2D eigenvalue weighted by Gasteiger charge is 2.25. The zero-order valence-electron chi connectivity index (χ0n) is 9.98. The van der Waals surface area contributed by atoms with E-state index >= 15 is 0 Å². The van der Waals surface area contributed by atoms with Gasteiger partial charge >= 0.3 is 0 Å². The molecule has 0 aliphatic heterocycles. The van der Waals surface area contributed by atoms with E-state index in [9.17, 15) is 9.59 Å². The predicted octanol–water partition coefficient (Wildman–Crippen LogP) is 2.52. The summed E-state index contributed by atoms with van der Waals surface area (Å²) in [6.07, 6.45) is 2.94. The maximum Gasteiger partial charge on any atom is 0.238 e. The van der Waals surface area contributed by atoms with Crippen LogP contribution in [0.15, 0.2) is 24.3 Å². The summed E-state index contributed by atoms with van der Waals surface area (Å²) in [7, 11) is 0. The summed E-state index contributed by atoms with van der Waals surface area (Å²) in [5, 5.41) is 11.0. The second kappa shape index (κ2) is 5.46. The standard InChI is InChI=1S/C14H14N2O2/c15-9-8-13(17)16-12-6-4-11(5-7-12)14(18)10-2-1-3-10/h4-7,10H,1-3,8H2,(H,16,17). The van der Waals surface area contributed by atoms with Gasteiger partial charge in [0.1, 0.15) is 6.42 Å². The van der Waals surface area contributed by atoms with Crippen LogP contribution >= 0.6 is 0 Å². The topological polar surface area (TPSA) is 70.0 Å². The average molecular weight is 242 g/mol. The summed E-state index contributed by atoms with van der Waals surface area (Å²) in [4.78, 5) is 23.1. The van der Waals surface area contributed by atoms with Crippen LogP contribution in [0.5, 0.6) is 0 Å². The van der Waals surface area contributed by atoms with E-state index in [1.807, 2.05) is 0 Å². The lowest BCUT2D eigenvalue weighted by Gasteiger charge is -2.23. The van der Waals surface area contributed by atoms with Crippen molar-refractivity contribution in [3.05, 3.63) is 29.8 Å². The Morgan fingerprint density at radius 3 is 2.44 bits per heavy atom. The van der Waals surface area contributed by atoms with Crippen LogP contribution in [0.2, 0.25) is 0 Å². The van der Waals surface area contributed by atoms with E-state index in [4.69, 9.17) is 5.26 Å². The van der Waals surface area contributed by atoms with Crippen LogP contribution in [0.3, 0.4) is 0 Å². The van der Waals surface area contributed by atoms with Gasteiger partial charge in [-0.1, -0.05) is 6.42 Å². The van der Waals surface area contributed by atoms with Gasteiger partial charge in [0.05, 0.1) is 6.07 Å². The molecule has 0 spiro atoms. The van der Waals surface area contributed by atoms with E-state index < -0.39 is 0 Å². The lowest BCUT2D eigenvalue weighted by Crippen LogP contribution is -2.21. The zero-order valence-corrected chi connectivity index (χ0v) is 9.98. The van der Waals surface area contributed by atoms with Gasteiger partial charge in [-0.05, 0) is 37.1 Å². The van der Waals surface area contributed by atoms with Crippen LogP contribution in [0, 0.1) is 17.2 Å². The Morgan fingerprint density at radius 2 is 1.94 bits per heavy atom. The summed E-state index contributed by atoms with van der Waals surface area (Å²) in [5.74, 6) is 0.0377. The number of nitriles is 1. The van der Waals surface area contributed by atoms with Crippen LogP contribution in [-0.2, 0) is 4.79 Å². The third-order valence-corrected chi connectivity index (χ3v) is 3.17. The average Bonchev–Trinajstić information content (AvgIpc) is 2.27. The van der Waals surface area contributed by atoms with Crippen LogP contribution in [0.1, 0.15) is 36.0 Å². The Kier molecular flexibility index (Phi) is 3.73. The van der Waals surface area contributed by atoms with Gasteiger partial charge in [-0.3, -0.25) is 9.59 Å². The normalized spacial score (nSPS) is 14.4. The highest BCUT2D eigenvalue weighted by Crippen LogP contribution is 2.30. The monoisotopic (exact) mass is 242 g/mol. The van der Waals surface area contributed by atoms with Crippen molar-refractivity contribution in [2.75, 3.05) is 5.32 Å². The van der Waals surface area contributed by atoms with Crippen molar-refractivity contribution in [3.8, 4) is 6.07 Å². The summed E-state index contributed by atoms with van der Waals surface area (Å²) in [6, 6.07) is 8.62. The summed E-state index contributed by atoms with van der Waals surface area (Å²) in [6.45, 7) is 0. The number of hydrogen-bond acceptors (Lipinski definition) is 3. The van der Waals surface area contributed by atoms with Crippen molar-refractivity contribution in [2.24, 2.45) is 5.92 Å². The van der Waals surface area contributed by atoms with Crippen molar-refractivity contribution in [2.45, 2.75) is 25.7 Å². The Bertz CT molecular complexity index is 496. The number of hydrogen-bond donors (Lipinski definition) is 1. The first-order chi connectivity index (χ1) is 8.70. The van der Waals surface area contributed by atoms with Crippen molar-refractivity contribution in [1.82, 2.24) is 0 Å². The number of carbonyl (C=O) groups is 2. The molecule has 1 aromatic carbocycles. The van der Waals surface area contributed by atoms with Crippen LogP contribution < -0.4 is 5.32 Å². The number of carbonyl (C=O) groups excluding carboxylic acids is 2. The second-order valence-electron chi connectivity index (χ2n) is 4.45. The van der Waals surface area contributed by atoms with Gasteiger partial charge in [-0.25, -0.2) is 0 Å². The Morgan fingerprint density at radius 1 is 1.28 bits per heavy atom. The van der Waals surface area contributed by atoms with Crippen LogP contribution in [0.4, 0.5) is 5.69 Å². The molecule has 1 aliphatic carbocycles. The van der Waals surface area contributed by atoms with Crippen LogP contribution in [0.25, 0.3) is 0 Å². The molecular weight excluding hydrogens is 228 g/mol.